The number of carbonyl (C=O) groups excluding carboxylic acids is 1. The normalized spacial score (nSPS) is 13.6. The van der Waals surface area contributed by atoms with Gasteiger partial charge in [-0.3, -0.25) is 4.79 Å². The molecule has 0 aliphatic carbocycles. The highest BCUT2D eigenvalue weighted by atomic mass is 79.9. The first-order chi connectivity index (χ1) is 12.0. The number of hydrogen-bond acceptors (Lipinski definition) is 4. The summed E-state index contributed by atoms with van der Waals surface area (Å²) in [5, 5.41) is 0. The van der Waals surface area contributed by atoms with Crippen molar-refractivity contribution in [2.45, 2.75) is 6.42 Å². The zero-order valence-electron chi connectivity index (χ0n) is 14.5. The van der Waals surface area contributed by atoms with E-state index in [4.69, 9.17) is 9.47 Å². The van der Waals surface area contributed by atoms with Gasteiger partial charge in [-0.2, -0.15) is 0 Å². The van der Waals surface area contributed by atoms with E-state index in [1.165, 1.54) is 0 Å². The number of ketones is 1. The molecule has 0 saturated carbocycles. The van der Waals surface area contributed by atoms with Gasteiger partial charge in [0.2, 0.25) is 5.78 Å². The van der Waals surface area contributed by atoms with Crippen molar-refractivity contribution in [1.82, 2.24) is 4.90 Å². The third-order valence-electron chi connectivity index (χ3n) is 4.40. The Bertz CT molecular complexity index is 828. The molecular weight excluding hydrogens is 382 g/mol. The summed E-state index contributed by atoms with van der Waals surface area (Å²) in [4.78, 5) is 15.0. The fourth-order valence-corrected chi connectivity index (χ4v) is 3.21. The lowest BCUT2D eigenvalue weighted by Gasteiger charge is -2.19. The van der Waals surface area contributed by atoms with Crippen LogP contribution in [0.1, 0.15) is 21.5 Å². The molecule has 3 rings (SSSR count). The molecule has 0 amide bonds. The van der Waals surface area contributed by atoms with Crippen molar-refractivity contribution in [1.29, 1.82) is 0 Å². The fourth-order valence-electron chi connectivity index (χ4n) is 2.94. The number of nitrogens with zero attached hydrogens (tertiary/aromatic N) is 1. The predicted molar refractivity (Wildman–Crippen MR) is 102 cm³/mol. The van der Waals surface area contributed by atoms with Gasteiger partial charge in [-0.05, 0) is 60.0 Å². The van der Waals surface area contributed by atoms with E-state index in [0.717, 1.165) is 28.6 Å². The minimum Gasteiger partial charge on any atom is -0.493 e. The van der Waals surface area contributed by atoms with Crippen LogP contribution in [0, 0.1) is 0 Å². The number of hydrogen-bond donors (Lipinski definition) is 0. The Kier molecular flexibility index (Phi) is 5.13. The zero-order valence-corrected chi connectivity index (χ0v) is 16.1. The van der Waals surface area contributed by atoms with Gasteiger partial charge in [0.05, 0.1) is 19.9 Å². The highest BCUT2D eigenvalue weighted by Gasteiger charge is 2.21. The smallest absolute Gasteiger partial charge is 0.209 e. The molecule has 0 bridgehead atoms. The Morgan fingerprint density at radius 2 is 1.72 bits per heavy atom. The maximum atomic E-state index is 13.0. The van der Waals surface area contributed by atoms with Gasteiger partial charge < -0.3 is 14.4 Å². The molecule has 0 aromatic heterocycles. The lowest BCUT2D eigenvalue weighted by Crippen LogP contribution is -2.24. The second-order valence-electron chi connectivity index (χ2n) is 5.94. The number of allylic oxidation sites excluding steroid dienone is 1. The van der Waals surface area contributed by atoms with E-state index in [0.29, 0.717) is 22.8 Å². The summed E-state index contributed by atoms with van der Waals surface area (Å²) in [6.45, 7) is 0.761. The lowest BCUT2D eigenvalue weighted by molar-refractivity contribution is 0.100. The number of Topliss-reactive ketones (excluding diaryl/α,β-unsaturated/α-hetero) is 1. The molecule has 25 heavy (non-hydrogen) atoms. The SMILES string of the molecule is COc1cc2c(cc1OC)CCN(C)C(C(=O)c1ccc(Br)cc1)=C2. The first kappa shape index (κ1) is 17.5. The molecule has 0 saturated heterocycles. The van der Waals surface area contributed by atoms with E-state index >= 15 is 0 Å². The van der Waals surface area contributed by atoms with E-state index in [1.54, 1.807) is 14.2 Å². The number of ether oxygens (including phenoxy) is 2. The number of carbonyl (C=O) groups is 1. The van der Waals surface area contributed by atoms with Crippen molar-refractivity contribution < 1.29 is 14.3 Å². The number of methoxy groups -OCH3 is 2. The molecule has 0 radical (unpaired) electrons. The summed E-state index contributed by atoms with van der Waals surface area (Å²) in [6.07, 6.45) is 2.77. The van der Waals surface area contributed by atoms with E-state index in [2.05, 4.69) is 15.9 Å². The van der Waals surface area contributed by atoms with E-state index < -0.39 is 0 Å². The fraction of sp³-hybridized carbons (Fsp3) is 0.250. The lowest BCUT2D eigenvalue weighted by atomic mass is 10.0. The molecule has 0 N–H and O–H groups in total. The molecule has 1 heterocycles. The summed E-state index contributed by atoms with van der Waals surface area (Å²) in [7, 11) is 5.19. The monoisotopic (exact) mass is 401 g/mol. The first-order valence-corrected chi connectivity index (χ1v) is 8.80. The van der Waals surface area contributed by atoms with Gasteiger partial charge in [0, 0.05) is 23.6 Å². The summed E-state index contributed by atoms with van der Waals surface area (Å²) in [5.41, 5.74) is 3.48. The molecule has 0 fully saturated rings. The van der Waals surface area contributed by atoms with Crippen LogP contribution in [0.15, 0.2) is 46.6 Å². The second-order valence-corrected chi connectivity index (χ2v) is 6.86. The van der Waals surface area contributed by atoms with Gasteiger partial charge in [-0.25, -0.2) is 0 Å². The minimum absolute atomic E-state index is 0.0117. The Balaban J connectivity index is 2.05. The van der Waals surface area contributed by atoms with Crippen molar-refractivity contribution in [2.75, 3.05) is 27.8 Å². The molecule has 0 unspecified atom stereocenters. The molecule has 130 valence electrons. The van der Waals surface area contributed by atoms with Crippen LogP contribution in [-0.2, 0) is 6.42 Å². The first-order valence-electron chi connectivity index (χ1n) is 8.01. The standard InChI is InChI=1S/C20H20BrNO3/c1-22-9-8-14-11-18(24-2)19(25-3)12-15(14)10-17(22)20(23)13-4-6-16(21)7-5-13/h4-7,10-12H,8-9H2,1-3H3. The van der Waals surface area contributed by atoms with Crippen LogP contribution in [-0.4, -0.2) is 38.5 Å². The summed E-state index contributed by atoms with van der Waals surface area (Å²) < 4.78 is 11.8. The van der Waals surface area contributed by atoms with Crippen molar-refractivity contribution in [3.63, 3.8) is 0 Å². The third kappa shape index (κ3) is 3.56. The molecule has 1 aliphatic rings. The Morgan fingerprint density at radius 3 is 2.36 bits per heavy atom. The molecule has 0 spiro atoms. The molecule has 2 aromatic carbocycles. The van der Waals surface area contributed by atoms with Crippen LogP contribution in [0.4, 0.5) is 0 Å². The van der Waals surface area contributed by atoms with E-state index in [-0.39, 0.29) is 5.78 Å². The van der Waals surface area contributed by atoms with Crippen LogP contribution >= 0.6 is 15.9 Å². The molecule has 2 aromatic rings. The summed E-state index contributed by atoms with van der Waals surface area (Å²) in [5.74, 6) is 1.38. The van der Waals surface area contributed by atoms with E-state index in [9.17, 15) is 4.79 Å². The third-order valence-corrected chi connectivity index (χ3v) is 4.93. The maximum absolute atomic E-state index is 13.0. The molecule has 4 nitrogen and oxygen atoms in total. The summed E-state index contributed by atoms with van der Waals surface area (Å²) >= 11 is 3.40. The predicted octanol–water partition coefficient (Wildman–Crippen LogP) is 4.18. The van der Waals surface area contributed by atoms with Crippen molar-refractivity contribution >= 4 is 27.8 Å². The molecule has 0 atom stereocenters. The van der Waals surface area contributed by atoms with Crippen molar-refractivity contribution in [2.24, 2.45) is 0 Å². The molecule has 5 heteroatoms. The van der Waals surface area contributed by atoms with Crippen LogP contribution in [0.25, 0.3) is 6.08 Å². The molecule has 1 aliphatic heterocycles. The van der Waals surface area contributed by atoms with Crippen LogP contribution in [0.3, 0.4) is 0 Å². The van der Waals surface area contributed by atoms with Crippen LogP contribution < -0.4 is 9.47 Å². The van der Waals surface area contributed by atoms with Crippen LogP contribution in [0.5, 0.6) is 11.5 Å². The van der Waals surface area contributed by atoms with Gasteiger partial charge in [-0.15, -0.1) is 0 Å². The van der Waals surface area contributed by atoms with Gasteiger partial charge in [-0.1, -0.05) is 15.9 Å². The highest BCUT2D eigenvalue weighted by molar-refractivity contribution is 9.10. The number of likely N-dealkylation sites (N-methyl/N-ethyl adjacent to an activating group) is 1. The average Bonchev–Trinajstić information content (AvgIpc) is 2.79. The van der Waals surface area contributed by atoms with Gasteiger partial charge in [0.15, 0.2) is 11.5 Å². The largest absolute Gasteiger partial charge is 0.493 e. The average molecular weight is 402 g/mol. The topological polar surface area (TPSA) is 38.8 Å². The van der Waals surface area contributed by atoms with Crippen molar-refractivity contribution in [3.05, 3.63) is 63.3 Å². The second kappa shape index (κ2) is 7.31. The Labute approximate surface area is 156 Å². The van der Waals surface area contributed by atoms with Gasteiger partial charge in [0.25, 0.3) is 0 Å². The Hall–Kier alpha value is -2.27. The molecular formula is C20H20BrNO3. The van der Waals surface area contributed by atoms with Gasteiger partial charge in [0.1, 0.15) is 0 Å². The summed E-state index contributed by atoms with van der Waals surface area (Å²) in [6, 6.07) is 11.4. The highest BCUT2D eigenvalue weighted by Crippen LogP contribution is 2.34. The van der Waals surface area contributed by atoms with Gasteiger partial charge >= 0.3 is 0 Å². The minimum atomic E-state index is 0.0117. The number of halogens is 1. The zero-order chi connectivity index (χ0) is 18.0. The van der Waals surface area contributed by atoms with Crippen LogP contribution in [0.2, 0.25) is 0 Å². The number of rotatable bonds is 4. The quantitative estimate of drug-likeness (QED) is 0.720. The number of fused-ring (bicyclic) bond motifs is 1. The van der Waals surface area contributed by atoms with E-state index in [1.807, 2.05) is 54.4 Å². The number of benzene rings is 2. The van der Waals surface area contributed by atoms with Crippen molar-refractivity contribution in [3.8, 4) is 11.5 Å². The maximum Gasteiger partial charge on any atom is 0.209 e. The Morgan fingerprint density at radius 1 is 1.08 bits per heavy atom.